The lowest BCUT2D eigenvalue weighted by molar-refractivity contribution is -0.120. The summed E-state index contributed by atoms with van der Waals surface area (Å²) in [4.78, 5) is 16.6. The summed E-state index contributed by atoms with van der Waals surface area (Å²) in [7, 11) is 0. The molecule has 0 amide bonds. The monoisotopic (exact) mass is 375 g/mol. The Hall–Kier alpha value is -2.75. The molecule has 1 aromatic heterocycles. The van der Waals surface area contributed by atoms with E-state index in [2.05, 4.69) is 50.2 Å². The zero-order valence-electron chi connectivity index (χ0n) is 16.6. The van der Waals surface area contributed by atoms with E-state index in [4.69, 9.17) is 9.47 Å². The SMILES string of the molecule is CC(C)(C)c1c[nH]c2ccc(CC(=O)C3(c4ccc5c(c4)OCO5)CC3)cc12. The van der Waals surface area contributed by atoms with Gasteiger partial charge in [0.1, 0.15) is 5.78 Å². The quantitative estimate of drug-likeness (QED) is 0.695. The Bertz CT molecular complexity index is 1080. The molecule has 1 fully saturated rings. The molecule has 1 aliphatic carbocycles. The van der Waals surface area contributed by atoms with Crippen LogP contribution in [-0.2, 0) is 22.0 Å². The van der Waals surface area contributed by atoms with E-state index in [0.717, 1.165) is 41.0 Å². The number of hydrogen-bond acceptors (Lipinski definition) is 3. The summed E-state index contributed by atoms with van der Waals surface area (Å²) in [5.41, 5.74) is 4.24. The first-order chi connectivity index (χ1) is 13.4. The van der Waals surface area contributed by atoms with Gasteiger partial charge in [-0.25, -0.2) is 0 Å². The van der Waals surface area contributed by atoms with Gasteiger partial charge in [-0.1, -0.05) is 32.9 Å². The molecule has 1 N–H and O–H groups in total. The lowest BCUT2D eigenvalue weighted by Gasteiger charge is -2.18. The highest BCUT2D eigenvalue weighted by Gasteiger charge is 2.50. The van der Waals surface area contributed by atoms with Crippen LogP contribution in [0.3, 0.4) is 0 Å². The van der Waals surface area contributed by atoms with Gasteiger partial charge in [-0.3, -0.25) is 4.79 Å². The van der Waals surface area contributed by atoms with Gasteiger partial charge in [-0.2, -0.15) is 0 Å². The summed E-state index contributed by atoms with van der Waals surface area (Å²) in [6.07, 6.45) is 4.36. The summed E-state index contributed by atoms with van der Waals surface area (Å²) < 4.78 is 10.9. The number of fused-ring (bicyclic) bond motifs is 2. The molecule has 144 valence electrons. The van der Waals surface area contributed by atoms with Crippen LogP contribution in [-0.4, -0.2) is 17.6 Å². The number of aromatic nitrogens is 1. The molecular weight excluding hydrogens is 350 g/mol. The Morgan fingerprint density at radius 2 is 1.86 bits per heavy atom. The topological polar surface area (TPSA) is 51.3 Å². The number of carbonyl (C=O) groups excluding carboxylic acids is 1. The van der Waals surface area contributed by atoms with Gasteiger partial charge < -0.3 is 14.5 Å². The molecule has 0 spiro atoms. The molecule has 5 rings (SSSR count). The molecule has 0 bridgehead atoms. The van der Waals surface area contributed by atoms with Crippen LogP contribution in [0.5, 0.6) is 11.5 Å². The highest BCUT2D eigenvalue weighted by molar-refractivity contribution is 5.95. The van der Waals surface area contributed by atoms with Gasteiger partial charge in [0, 0.05) is 23.5 Å². The van der Waals surface area contributed by atoms with Crippen LogP contribution in [0.2, 0.25) is 0 Å². The minimum Gasteiger partial charge on any atom is -0.454 e. The maximum absolute atomic E-state index is 13.3. The van der Waals surface area contributed by atoms with Crippen molar-refractivity contribution in [2.45, 2.75) is 50.9 Å². The Kier molecular flexibility index (Phi) is 3.64. The van der Waals surface area contributed by atoms with Crippen molar-refractivity contribution in [1.29, 1.82) is 0 Å². The molecule has 1 saturated carbocycles. The van der Waals surface area contributed by atoms with E-state index in [1.165, 1.54) is 10.9 Å². The standard InChI is InChI=1S/C24H25NO3/c1-23(2,3)18-13-25-19-6-4-15(10-17(18)19)11-22(26)24(8-9-24)16-5-7-20-21(12-16)28-14-27-20/h4-7,10,12-13,25H,8-9,11,14H2,1-3H3. The average Bonchev–Trinajstić information content (AvgIpc) is 3.14. The van der Waals surface area contributed by atoms with E-state index in [0.29, 0.717) is 12.2 Å². The second kappa shape index (κ2) is 5.87. The fourth-order valence-electron chi connectivity index (χ4n) is 4.30. The van der Waals surface area contributed by atoms with E-state index >= 15 is 0 Å². The third kappa shape index (κ3) is 2.70. The van der Waals surface area contributed by atoms with Gasteiger partial charge in [-0.05, 0) is 59.2 Å². The highest BCUT2D eigenvalue weighted by atomic mass is 16.7. The summed E-state index contributed by atoms with van der Waals surface area (Å²) in [5, 5.41) is 1.21. The van der Waals surface area contributed by atoms with Crippen molar-refractivity contribution < 1.29 is 14.3 Å². The second-order valence-electron chi connectivity index (χ2n) is 9.08. The number of ketones is 1. The van der Waals surface area contributed by atoms with Crippen molar-refractivity contribution in [3.05, 3.63) is 59.3 Å². The Morgan fingerprint density at radius 1 is 1.07 bits per heavy atom. The van der Waals surface area contributed by atoms with E-state index in [1.807, 2.05) is 18.2 Å². The summed E-state index contributed by atoms with van der Waals surface area (Å²) in [6.45, 7) is 6.90. The Balaban J connectivity index is 1.44. The van der Waals surface area contributed by atoms with E-state index in [-0.39, 0.29) is 17.6 Å². The molecule has 1 aliphatic heterocycles. The summed E-state index contributed by atoms with van der Waals surface area (Å²) in [6, 6.07) is 12.3. The van der Waals surface area contributed by atoms with Crippen LogP contribution >= 0.6 is 0 Å². The highest BCUT2D eigenvalue weighted by Crippen LogP contribution is 2.51. The number of hydrogen-bond donors (Lipinski definition) is 1. The van der Waals surface area contributed by atoms with Crippen molar-refractivity contribution in [3.63, 3.8) is 0 Å². The van der Waals surface area contributed by atoms with Crippen molar-refractivity contribution >= 4 is 16.7 Å². The summed E-state index contributed by atoms with van der Waals surface area (Å²) >= 11 is 0. The molecule has 2 aliphatic rings. The molecule has 0 atom stereocenters. The van der Waals surface area contributed by atoms with Crippen molar-refractivity contribution in [2.75, 3.05) is 6.79 Å². The fraction of sp³-hybridized carbons (Fsp3) is 0.375. The van der Waals surface area contributed by atoms with Crippen molar-refractivity contribution in [3.8, 4) is 11.5 Å². The number of benzene rings is 2. The zero-order chi connectivity index (χ0) is 19.5. The van der Waals surface area contributed by atoms with Crippen LogP contribution in [0.4, 0.5) is 0 Å². The van der Waals surface area contributed by atoms with Gasteiger partial charge in [0.2, 0.25) is 6.79 Å². The molecule has 0 saturated heterocycles. The first-order valence-corrected chi connectivity index (χ1v) is 9.91. The van der Waals surface area contributed by atoms with E-state index in [9.17, 15) is 4.79 Å². The Labute approximate surface area is 164 Å². The van der Waals surface area contributed by atoms with Gasteiger partial charge in [0.15, 0.2) is 11.5 Å². The van der Waals surface area contributed by atoms with Gasteiger partial charge in [0.05, 0.1) is 5.41 Å². The lowest BCUT2D eigenvalue weighted by Crippen LogP contribution is -2.22. The van der Waals surface area contributed by atoms with Crippen molar-refractivity contribution in [2.24, 2.45) is 0 Å². The normalized spacial score (nSPS) is 17.1. The van der Waals surface area contributed by atoms with Gasteiger partial charge >= 0.3 is 0 Å². The minimum absolute atomic E-state index is 0.0606. The fourth-order valence-corrected chi connectivity index (χ4v) is 4.30. The molecular formula is C24H25NO3. The lowest BCUT2D eigenvalue weighted by atomic mass is 9.85. The zero-order valence-corrected chi connectivity index (χ0v) is 16.6. The smallest absolute Gasteiger partial charge is 0.231 e. The molecule has 4 heteroatoms. The first kappa shape index (κ1) is 17.4. The molecule has 4 nitrogen and oxygen atoms in total. The maximum Gasteiger partial charge on any atom is 0.231 e. The molecule has 3 aromatic rings. The van der Waals surface area contributed by atoms with Crippen LogP contribution in [0, 0.1) is 0 Å². The number of Topliss-reactive ketones (excluding diaryl/α,β-unsaturated/α-hetero) is 1. The number of ether oxygens (including phenoxy) is 2. The number of aromatic amines is 1. The van der Waals surface area contributed by atoms with E-state index in [1.54, 1.807) is 0 Å². The minimum atomic E-state index is -0.360. The number of H-pyrrole nitrogens is 1. The number of carbonyl (C=O) groups is 1. The first-order valence-electron chi connectivity index (χ1n) is 9.91. The second-order valence-corrected chi connectivity index (χ2v) is 9.08. The third-order valence-electron chi connectivity index (χ3n) is 6.13. The average molecular weight is 375 g/mol. The van der Waals surface area contributed by atoms with Gasteiger partial charge in [-0.15, -0.1) is 0 Å². The molecule has 2 aromatic carbocycles. The molecule has 2 heterocycles. The number of rotatable bonds is 4. The van der Waals surface area contributed by atoms with Crippen LogP contribution < -0.4 is 9.47 Å². The third-order valence-corrected chi connectivity index (χ3v) is 6.13. The van der Waals surface area contributed by atoms with Crippen LogP contribution in [0.15, 0.2) is 42.6 Å². The predicted octanol–water partition coefficient (Wildman–Crippen LogP) is 5.04. The van der Waals surface area contributed by atoms with E-state index < -0.39 is 0 Å². The Morgan fingerprint density at radius 3 is 2.61 bits per heavy atom. The predicted molar refractivity (Wildman–Crippen MR) is 109 cm³/mol. The molecule has 28 heavy (non-hydrogen) atoms. The largest absolute Gasteiger partial charge is 0.454 e. The van der Waals surface area contributed by atoms with Crippen LogP contribution in [0.25, 0.3) is 10.9 Å². The maximum atomic E-state index is 13.3. The number of nitrogens with one attached hydrogen (secondary N) is 1. The van der Waals surface area contributed by atoms with Crippen molar-refractivity contribution in [1.82, 2.24) is 4.98 Å². The van der Waals surface area contributed by atoms with Gasteiger partial charge in [0.25, 0.3) is 0 Å². The van der Waals surface area contributed by atoms with Crippen LogP contribution in [0.1, 0.15) is 50.3 Å². The summed E-state index contributed by atoms with van der Waals surface area (Å²) in [5.74, 6) is 1.80. The molecule has 0 radical (unpaired) electrons. The molecule has 0 unspecified atom stereocenters.